The Morgan fingerprint density at radius 2 is 2.21 bits per heavy atom. The Bertz CT molecular complexity index is 252. The van der Waals surface area contributed by atoms with E-state index in [2.05, 4.69) is 10.4 Å². The lowest BCUT2D eigenvalue weighted by Gasteiger charge is -2.23. The molecule has 1 aliphatic carbocycles. The fourth-order valence-corrected chi connectivity index (χ4v) is 2.91. The Morgan fingerprint density at radius 1 is 1.43 bits per heavy atom. The molecule has 0 spiro atoms. The number of aromatic nitrogens is 1. The molecule has 1 aromatic rings. The molecule has 1 unspecified atom stereocenters. The van der Waals surface area contributed by atoms with Gasteiger partial charge in [-0.05, 0) is 29.9 Å². The summed E-state index contributed by atoms with van der Waals surface area (Å²) >= 11 is 1.54. The van der Waals surface area contributed by atoms with Gasteiger partial charge in [-0.15, -0.1) is 0 Å². The third-order valence-corrected chi connectivity index (χ3v) is 4.01. The van der Waals surface area contributed by atoms with Crippen LogP contribution < -0.4 is 5.73 Å². The van der Waals surface area contributed by atoms with Crippen LogP contribution in [0.4, 0.5) is 0 Å². The molecule has 78 valence electrons. The first kappa shape index (κ1) is 10.1. The number of nitrogens with zero attached hydrogens (tertiary/aromatic N) is 1. The van der Waals surface area contributed by atoms with Crippen LogP contribution in [-0.2, 0) is 0 Å². The second kappa shape index (κ2) is 4.89. The average Bonchev–Trinajstić information content (AvgIpc) is 2.72. The maximum absolute atomic E-state index is 6.14. The first-order chi connectivity index (χ1) is 6.86. The van der Waals surface area contributed by atoms with Gasteiger partial charge in [0.2, 0.25) is 0 Å². The van der Waals surface area contributed by atoms with Crippen LogP contribution in [0.2, 0.25) is 0 Å². The van der Waals surface area contributed by atoms with Gasteiger partial charge in [-0.25, -0.2) is 4.37 Å². The Labute approximate surface area is 89.7 Å². The van der Waals surface area contributed by atoms with E-state index in [0.717, 1.165) is 12.3 Å². The van der Waals surface area contributed by atoms with Crippen molar-refractivity contribution in [1.29, 1.82) is 0 Å². The summed E-state index contributed by atoms with van der Waals surface area (Å²) in [6.45, 7) is 0. The van der Waals surface area contributed by atoms with Gasteiger partial charge in [-0.3, -0.25) is 0 Å². The smallest absolute Gasteiger partial charge is 0.0420 e. The number of rotatable bonds is 3. The topological polar surface area (TPSA) is 38.9 Å². The van der Waals surface area contributed by atoms with Crippen molar-refractivity contribution in [3.63, 3.8) is 0 Å². The highest BCUT2D eigenvalue weighted by atomic mass is 32.1. The van der Waals surface area contributed by atoms with E-state index < -0.39 is 0 Å². The van der Waals surface area contributed by atoms with E-state index in [4.69, 9.17) is 5.73 Å². The Balaban J connectivity index is 1.84. The maximum Gasteiger partial charge on any atom is 0.0420 e. The minimum Gasteiger partial charge on any atom is -0.323 e. The predicted octanol–water partition coefficient (Wildman–Crippen LogP) is 3.11. The van der Waals surface area contributed by atoms with Crippen LogP contribution in [0.3, 0.4) is 0 Å². The molecule has 1 aliphatic rings. The van der Waals surface area contributed by atoms with Gasteiger partial charge in [0.25, 0.3) is 0 Å². The van der Waals surface area contributed by atoms with Crippen molar-refractivity contribution < 1.29 is 0 Å². The van der Waals surface area contributed by atoms with E-state index in [1.807, 2.05) is 6.20 Å². The molecule has 0 aromatic carbocycles. The van der Waals surface area contributed by atoms with Gasteiger partial charge in [0.05, 0.1) is 0 Å². The second-order valence-corrected chi connectivity index (χ2v) is 5.13. The lowest BCUT2D eigenvalue weighted by Crippen LogP contribution is -2.16. The quantitative estimate of drug-likeness (QED) is 0.832. The van der Waals surface area contributed by atoms with E-state index in [9.17, 15) is 0 Å². The van der Waals surface area contributed by atoms with Crippen LogP contribution in [0.5, 0.6) is 0 Å². The molecule has 2 rings (SSSR count). The van der Waals surface area contributed by atoms with Gasteiger partial charge >= 0.3 is 0 Å². The molecule has 0 aliphatic heterocycles. The summed E-state index contributed by atoms with van der Waals surface area (Å²) < 4.78 is 4.10. The van der Waals surface area contributed by atoms with E-state index in [1.165, 1.54) is 37.0 Å². The average molecular weight is 210 g/mol. The molecule has 0 bridgehead atoms. The third-order valence-electron chi connectivity index (χ3n) is 3.14. The third kappa shape index (κ3) is 2.55. The SMILES string of the molecule is NC(CC1CCCCC1)c1ccns1. The van der Waals surface area contributed by atoms with Gasteiger partial charge in [0, 0.05) is 17.1 Å². The molecule has 14 heavy (non-hydrogen) atoms. The molecule has 2 N–H and O–H groups in total. The van der Waals surface area contributed by atoms with Crippen LogP contribution in [0, 0.1) is 5.92 Å². The van der Waals surface area contributed by atoms with Crippen molar-refractivity contribution in [2.45, 2.75) is 44.6 Å². The summed E-state index contributed by atoms with van der Waals surface area (Å²) in [7, 11) is 0. The standard InChI is InChI=1S/C11H18N2S/c12-10(11-6-7-13-14-11)8-9-4-2-1-3-5-9/h6-7,9-10H,1-5,8,12H2. The molecule has 1 fully saturated rings. The molecule has 2 nitrogen and oxygen atoms in total. The highest BCUT2D eigenvalue weighted by Gasteiger charge is 2.18. The zero-order chi connectivity index (χ0) is 9.80. The molecule has 1 atom stereocenters. The zero-order valence-electron chi connectivity index (χ0n) is 8.48. The maximum atomic E-state index is 6.14. The molecule has 0 radical (unpaired) electrons. The number of hydrogen-bond donors (Lipinski definition) is 1. The first-order valence-electron chi connectivity index (χ1n) is 5.52. The van der Waals surface area contributed by atoms with E-state index in [-0.39, 0.29) is 6.04 Å². The molecule has 0 amide bonds. The summed E-state index contributed by atoms with van der Waals surface area (Å²) in [4.78, 5) is 1.25. The molecule has 1 saturated carbocycles. The van der Waals surface area contributed by atoms with Crippen LogP contribution in [0.15, 0.2) is 12.3 Å². The molecular weight excluding hydrogens is 192 g/mol. The van der Waals surface area contributed by atoms with Crippen molar-refractivity contribution in [3.05, 3.63) is 17.1 Å². The minimum atomic E-state index is 0.227. The predicted molar refractivity (Wildman–Crippen MR) is 60.2 cm³/mol. The van der Waals surface area contributed by atoms with Crippen molar-refractivity contribution in [3.8, 4) is 0 Å². The second-order valence-electron chi connectivity index (χ2n) is 4.26. The lowest BCUT2D eigenvalue weighted by molar-refractivity contribution is 0.320. The molecular formula is C11H18N2S. The Kier molecular flexibility index (Phi) is 3.54. The Hall–Kier alpha value is -0.410. The van der Waals surface area contributed by atoms with E-state index >= 15 is 0 Å². The fraction of sp³-hybridized carbons (Fsp3) is 0.727. The largest absolute Gasteiger partial charge is 0.323 e. The van der Waals surface area contributed by atoms with E-state index in [1.54, 1.807) is 11.5 Å². The van der Waals surface area contributed by atoms with Gasteiger partial charge in [0.15, 0.2) is 0 Å². The summed E-state index contributed by atoms with van der Waals surface area (Å²) in [5.74, 6) is 0.862. The monoisotopic (exact) mass is 210 g/mol. The normalized spacial score (nSPS) is 20.9. The molecule has 1 aromatic heterocycles. The zero-order valence-corrected chi connectivity index (χ0v) is 9.30. The van der Waals surface area contributed by atoms with Crippen molar-refractivity contribution in [2.24, 2.45) is 11.7 Å². The molecule has 1 heterocycles. The van der Waals surface area contributed by atoms with Gasteiger partial charge in [-0.2, -0.15) is 0 Å². The van der Waals surface area contributed by atoms with Crippen molar-refractivity contribution in [1.82, 2.24) is 4.37 Å². The van der Waals surface area contributed by atoms with Crippen LogP contribution in [-0.4, -0.2) is 4.37 Å². The number of nitrogens with two attached hydrogens (primary N) is 1. The summed E-state index contributed by atoms with van der Waals surface area (Å²) in [5.41, 5.74) is 6.14. The first-order valence-corrected chi connectivity index (χ1v) is 6.30. The molecule has 0 saturated heterocycles. The van der Waals surface area contributed by atoms with Crippen LogP contribution in [0.1, 0.15) is 49.4 Å². The van der Waals surface area contributed by atoms with Crippen LogP contribution >= 0.6 is 11.5 Å². The van der Waals surface area contributed by atoms with Crippen molar-refractivity contribution in [2.75, 3.05) is 0 Å². The summed E-state index contributed by atoms with van der Waals surface area (Å²) in [6, 6.07) is 2.28. The van der Waals surface area contributed by atoms with E-state index in [0.29, 0.717) is 0 Å². The highest BCUT2D eigenvalue weighted by molar-refractivity contribution is 7.05. The van der Waals surface area contributed by atoms with Gasteiger partial charge in [-0.1, -0.05) is 32.1 Å². The number of hydrogen-bond acceptors (Lipinski definition) is 3. The van der Waals surface area contributed by atoms with Crippen LogP contribution in [0.25, 0.3) is 0 Å². The van der Waals surface area contributed by atoms with Gasteiger partial charge < -0.3 is 5.73 Å². The Morgan fingerprint density at radius 3 is 2.86 bits per heavy atom. The fourth-order valence-electron chi connectivity index (χ4n) is 2.32. The minimum absolute atomic E-state index is 0.227. The highest BCUT2D eigenvalue weighted by Crippen LogP contribution is 2.31. The summed E-state index contributed by atoms with van der Waals surface area (Å²) in [6.07, 6.45) is 9.99. The van der Waals surface area contributed by atoms with Crippen molar-refractivity contribution >= 4 is 11.5 Å². The molecule has 3 heteroatoms. The summed E-state index contributed by atoms with van der Waals surface area (Å²) in [5, 5.41) is 0. The lowest BCUT2D eigenvalue weighted by atomic mass is 9.85. The van der Waals surface area contributed by atoms with Gasteiger partial charge in [0.1, 0.15) is 0 Å².